The van der Waals surface area contributed by atoms with E-state index in [0.29, 0.717) is 17.9 Å². The number of aliphatic hydroxyl groups excluding tert-OH is 1. The standard InChI is InChI=1S/C6H8N2O3S/c9-4-5(8(10)11)6-7-2-1-3-12-6/h4,9H,1-3H2. The molecule has 1 heterocycles. The van der Waals surface area contributed by atoms with Crippen molar-refractivity contribution in [2.24, 2.45) is 4.99 Å². The summed E-state index contributed by atoms with van der Waals surface area (Å²) in [4.78, 5) is 13.6. The Kier molecular flexibility index (Phi) is 3.09. The smallest absolute Gasteiger partial charge is 0.334 e. The number of aliphatic hydroxyl groups is 1. The molecule has 12 heavy (non-hydrogen) atoms. The van der Waals surface area contributed by atoms with Gasteiger partial charge in [-0.1, -0.05) is 11.8 Å². The van der Waals surface area contributed by atoms with Gasteiger partial charge in [0.2, 0.25) is 0 Å². The molecule has 0 aromatic heterocycles. The first kappa shape index (κ1) is 9.05. The zero-order chi connectivity index (χ0) is 8.97. The summed E-state index contributed by atoms with van der Waals surface area (Å²) in [6, 6.07) is 0. The molecule has 66 valence electrons. The Morgan fingerprint density at radius 2 is 2.58 bits per heavy atom. The van der Waals surface area contributed by atoms with Gasteiger partial charge < -0.3 is 5.11 Å². The second-order valence-electron chi connectivity index (χ2n) is 2.16. The molecule has 0 saturated heterocycles. The zero-order valence-electron chi connectivity index (χ0n) is 6.27. The molecule has 0 aromatic rings. The lowest BCUT2D eigenvalue weighted by Gasteiger charge is -2.07. The molecule has 0 amide bonds. The number of hydrogen-bond donors (Lipinski definition) is 1. The van der Waals surface area contributed by atoms with E-state index in [1.165, 1.54) is 11.8 Å². The van der Waals surface area contributed by atoms with Gasteiger partial charge in [0.15, 0.2) is 11.3 Å². The first-order chi connectivity index (χ1) is 5.75. The number of rotatable bonds is 2. The van der Waals surface area contributed by atoms with Gasteiger partial charge in [-0.15, -0.1) is 0 Å². The Hall–Kier alpha value is -1.04. The van der Waals surface area contributed by atoms with E-state index in [0.717, 1.165) is 12.2 Å². The summed E-state index contributed by atoms with van der Waals surface area (Å²) in [5, 5.41) is 19.2. The molecule has 0 saturated carbocycles. The van der Waals surface area contributed by atoms with Crippen molar-refractivity contribution in [1.82, 2.24) is 0 Å². The quantitative estimate of drug-likeness (QED) is 0.401. The third-order valence-electron chi connectivity index (χ3n) is 1.33. The molecule has 0 bridgehead atoms. The largest absolute Gasteiger partial charge is 0.509 e. The van der Waals surface area contributed by atoms with Crippen molar-refractivity contribution in [3.8, 4) is 0 Å². The zero-order valence-corrected chi connectivity index (χ0v) is 7.08. The second kappa shape index (κ2) is 4.10. The van der Waals surface area contributed by atoms with Crippen molar-refractivity contribution in [2.75, 3.05) is 12.3 Å². The molecule has 1 rings (SSSR count). The monoisotopic (exact) mass is 188 g/mol. The highest BCUT2D eigenvalue weighted by molar-refractivity contribution is 8.14. The maximum atomic E-state index is 10.3. The van der Waals surface area contributed by atoms with Crippen molar-refractivity contribution < 1.29 is 10.0 Å². The Labute approximate surface area is 73.3 Å². The summed E-state index contributed by atoms with van der Waals surface area (Å²) in [5.41, 5.74) is -0.306. The SMILES string of the molecule is O=[N+]([O-])C(=CO)C1=NCCCS1. The molecule has 0 atom stereocenters. The molecule has 6 heteroatoms. The van der Waals surface area contributed by atoms with Crippen molar-refractivity contribution in [1.29, 1.82) is 0 Å². The predicted molar refractivity (Wildman–Crippen MR) is 47.1 cm³/mol. The molecule has 0 aliphatic carbocycles. The molecular formula is C6H8N2O3S. The number of nitrogens with zero attached hydrogens (tertiary/aromatic N) is 2. The average molecular weight is 188 g/mol. The first-order valence-corrected chi connectivity index (χ1v) is 4.40. The van der Waals surface area contributed by atoms with Crippen LogP contribution in [0.1, 0.15) is 6.42 Å². The lowest BCUT2D eigenvalue weighted by molar-refractivity contribution is -0.416. The summed E-state index contributed by atoms with van der Waals surface area (Å²) in [7, 11) is 0. The van der Waals surface area contributed by atoms with Crippen LogP contribution >= 0.6 is 11.8 Å². The van der Waals surface area contributed by atoms with Gasteiger partial charge in [0.25, 0.3) is 0 Å². The maximum absolute atomic E-state index is 10.3. The molecule has 0 radical (unpaired) electrons. The van der Waals surface area contributed by atoms with Gasteiger partial charge in [0.1, 0.15) is 0 Å². The summed E-state index contributed by atoms with van der Waals surface area (Å²) in [6.07, 6.45) is 1.43. The normalized spacial score (nSPS) is 18.7. The molecule has 0 unspecified atom stereocenters. The number of aliphatic imine (C=N–C) groups is 1. The Balaban J connectivity index is 2.79. The summed E-state index contributed by atoms with van der Waals surface area (Å²) in [6.45, 7) is 0.605. The van der Waals surface area contributed by atoms with Crippen LogP contribution in [0.25, 0.3) is 0 Å². The van der Waals surface area contributed by atoms with E-state index in [9.17, 15) is 10.1 Å². The first-order valence-electron chi connectivity index (χ1n) is 3.42. The molecule has 0 fully saturated rings. The van der Waals surface area contributed by atoms with Crippen LogP contribution in [0.2, 0.25) is 0 Å². The lowest BCUT2D eigenvalue weighted by atomic mass is 10.4. The fraction of sp³-hybridized carbons (Fsp3) is 0.500. The van der Waals surface area contributed by atoms with E-state index in [1.54, 1.807) is 0 Å². The van der Waals surface area contributed by atoms with Crippen LogP contribution in [0.15, 0.2) is 17.0 Å². The van der Waals surface area contributed by atoms with Gasteiger partial charge in [-0.05, 0) is 6.42 Å². The Morgan fingerprint density at radius 1 is 1.83 bits per heavy atom. The minimum atomic E-state index is -0.628. The molecule has 0 aromatic carbocycles. The maximum Gasteiger partial charge on any atom is 0.334 e. The molecule has 1 N–H and O–H groups in total. The van der Waals surface area contributed by atoms with Crippen LogP contribution in [-0.2, 0) is 0 Å². The van der Waals surface area contributed by atoms with Crippen molar-refractivity contribution in [3.63, 3.8) is 0 Å². The highest BCUT2D eigenvalue weighted by Gasteiger charge is 2.21. The van der Waals surface area contributed by atoms with Gasteiger partial charge in [0, 0.05) is 12.3 Å². The predicted octanol–water partition coefficient (Wildman–Crippen LogP) is 1.20. The van der Waals surface area contributed by atoms with E-state index in [1.807, 2.05) is 0 Å². The van der Waals surface area contributed by atoms with Crippen LogP contribution in [-0.4, -0.2) is 27.4 Å². The number of thioether (sulfide) groups is 1. The van der Waals surface area contributed by atoms with Crippen LogP contribution in [0, 0.1) is 10.1 Å². The Morgan fingerprint density at radius 3 is 3.00 bits per heavy atom. The number of nitro groups is 1. The number of hydrogen-bond acceptors (Lipinski definition) is 5. The highest BCUT2D eigenvalue weighted by Crippen LogP contribution is 2.18. The summed E-state index contributed by atoms with van der Waals surface area (Å²) >= 11 is 1.30. The van der Waals surface area contributed by atoms with E-state index < -0.39 is 4.92 Å². The molecule has 5 nitrogen and oxygen atoms in total. The third kappa shape index (κ3) is 1.97. The molecule has 1 aliphatic rings. The third-order valence-corrected chi connectivity index (χ3v) is 2.44. The minimum Gasteiger partial charge on any atom is -0.509 e. The van der Waals surface area contributed by atoms with Gasteiger partial charge in [0.05, 0.1) is 4.92 Å². The van der Waals surface area contributed by atoms with Crippen molar-refractivity contribution in [2.45, 2.75) is 6.42 Å². The van der Waals surface area contributed by atoms with Gasteiger partial charge in [-0.25, -0.2) is 0 Å². The van der Waals surface area contributed by atoms with E-state index in [-0.39, 0.29) is 5.70 Å². The highest BCUT2D eigenvalue weighted by atomic mass is 32.2. The van der Waals surface area contributed by atoms with Crippen LogP contribution in [0.4, 0.5) is 0 Å². The summed E-state index contributed by atoms with van der Waals surface area (Å²) in [5.74, 6) is 0.823. The van der Waals surface area contributed by atoms with E-state index >= 15 is 0 Å². The summed E-state index contributed by atoms with van der Waals surface area (Å²) < 4.78 is 0. The van der Waals surface area contributed by atoms with Gasteiger partial charge in [-0.2, -0.15) is 0 Å². The molecule has 1 aliphatic heterocycles. The van der Waals surface area contributed by atoms with Gasteiger partial charge in [-0.3, -0.25) is 15.1 Å². The molecular weight excluding hydrogens is 180 g/mol. The fourth-order valence-corrected chi connectivity index (χ4v) is 1.72. The van der Waals surface area contributed by atoms with Crippen LogP contribution in [0.3, 0.4) is 0 Å². The van der Waals surface area contributed by atoms with E-state index in [4.69, 9.17) is 5.11 Å². The Bertz CT molecular complexity index is 249. The van der Waals surface area contributed by atoms with Crippen molar-refractivity contribution >= 4 is 16.8 Å². The average Bonchev–Trinajstić information content (AvgIpc) is 2.07. The van der Waals surface area contributed by atoms with Crippen LogP contribution in [0.5, 0.6) is 0 Å². The second-order valence-corrected chi connectivity index (χ2v) is 3.24. The van der Waals surface area contributed by atoms with Gasteiger partial charge >= 0.3 is 5.70 Å². The topological polar surface area (TPSA) is 75.7 Å². The van der Waals surface area contributed by atoms with Crippen LogP contribution < -0.4 is 0 Å². The molecule has 0 spiro atoms. The fourth-order valence-electron chi connectivity index (χ4n) is 0.795. The van der Waals surface area contributed by atoms with Crippen molar-refractivity contribution in [3.05, 3.63) is 22.1 Å². The lowest BCUT2D eigenvalue weighted by Crippen LogP contribution is -2.13. The van der Waals surface area contributed by atoms with E-state index in [2.05, 4.69) is 4.99 Å². The minimum absolute atomic E-state index is 0.306.